The van der Waals surface area contributed by atoms with Crippen molar-refractivity contribution < 1.29 is 4.79 Å². The SMILES string of the molecule is CC.CC.[B]c1ncc(-c2cccc(C)c2C)c(C(=O)N(C)C(C)(C)c2ccccc2)n1. The standard InChI is InChI=1S/C23H24BN3O.2C2H6/c1-15-10-9-13-18(16(15)2)19-14-25-22(24)26-20(19)21(28)27(5)23(3,4)17-11-7-6-8-12-17;2*1-2/h6-14H,1-5H3;2*1-2H3. The van der Waals surface area contributed by atoms with Gasteiger partial charge in [-0.2, -0.15) is 0 Å². The monoisotopic (exact) mass is 429 g/mol. The van der Waals surface area contributed by atoms with Crippen molar-refractivity contribution in [3.8, 4) is 11.1 Å². The molecule has 3 aromatic rings. The van der Waals surface area contributed by atoms with Crippen molar-refractivity contribution >= 4 is 19.5 Å². The largest absolute Gasteiger partial charge is 0.331 e. The summed E-state index contributed by atoms with van der Waals surface area (Å²) in [6.07, 6.45) is 1.64. The van der Waals surface area contributed by atoms with Gasteiger partial charge in [-0.15, -0.1) is 0 Å². The van der Waals surface area contributed by atoms with Gasteiger partial charge < -0.3 is 4.90 Å². The van der Waals surface area contributed by atoms with Crippen LogP contribution in [0.15, 0.2) is 54.7 Å². The molecule has 4 nitrogen and oxygen atoms in total. The van der Waals surface area contributed by atoms with Crippen LogP contribution in [-0.4, -0.2) is 35.7 Å². The van der Waals surface area contributed by atoms with E-state index < -0.39 is 5.54 Å². The fourth-order valence-electron chi connectivity index (χ4n) is 3.25. The molecule has 2 aromatic carbocycles. The second-order valence-electron chi connectivity index (χ2n) is 7.53. The first-order valence-corrected chi connectivity index (χ1v) is 11.3. The van der Waals surface area contributed by atoms with Crippen LogP contribution >= 0.6 is 0 Å². The van der Waals surface area contributed by atoms with E-state index in [1.807, 2.05) is 104 Å². The van der Waals surface area contributed by atoms with Gasteiger partial charge in [-0.1, -0.05) is 76.2 Å². The lowest BCUT2D eigenvalue weighted by atomic mass is 9.91. The Hall–Kier alpha value is -2.95. The van der Waals surface area contributed by atoms with Gasteiger partial charge in [-0.25, -0.2) is 4.98 Å². The molecule has 0 saturated carbocycles. The number of carbonyl (C=O) groups is 1. The molecular weight excluding hydrogens is 393 g/mol. The normalized spacial score (nSPS) is 10.3. The van der Waals surface area contributed by atoms with E-state index in [0.29, 0.717) is 11.3 Å². The quantitative estimate of drug-likeness (QED) is 0.506. The Balaban J connectivity index is 0.00000121. The molecule has 0 spiro atoms. The van der Waals surface area contributed by atoms with E-state index in [-0.39, 0.29) is 11.6 Å². The molecule has 0 atom stereocenters. The molecule has 1 aromatic heterocycles. The predicted molar refractivity (Wildman–Crippen MR) is 137 cm³/mol. The summed E-state index contributed by atoms with van der Waals surface area (Å²) in [6.45, 7) is 16.1. The zero-order chi connectivity index (χ0) is 24.5. The molecule has 0 saturated heterocycles. The zero-order valence-electron chi connectivity index (χ0n) is 21.0. The van der Waals surface area contributed by atoms with Crippen LogP contribution in [0.3, 0.4) is 0 Å². The van der Waals surface area contributed by atoms with Gasteiger partial charge in [0.15, 0.2) is 7.85 Å². The maximum Gasteiger partial charge on any atom is 0.273 e. The van der Waals surface area contributed by atoms with Crippen molar-refractivity contribution in [3.05, 3.63) is 77.1 Å². The van der Waals surface area contributed by atoms with Crippen LogP contribution in [0.1, 0.15) is 68.7 Å². The fourth-order valence-corrected chi connectivity index (χ4v) is 3.25. The minimum atomic E-state index is -0.517. The minimum absolute atomic E-state index is 0.0864. The number of rotatable bonds is 4. The molecule has 32 heavy (non-hydrogen) atoms. The molecule has 3 rings (SSSR count). The highest BCUT2D eigenvalue weighted by atomic mass is 16.2. The molecule has 168 valence electrons. The lowest BCUT2D eigenvalue weighted by Crippen LogP contribution is -2.43. The first-order chi connectivity index (χ1) is 15.2. The average Bonchev–Trinajstić information content (AvgIpc) is 2.83. The van der Waals surface area contributed by atoms with Crippen molar-refractivity contribution in [2.45, 2.75) is 60.9 Å². The molecule has 5 heteroatoms. The molecule has 0 N–H and O–H groups in total. The third-order valence-corrected chi connectivity index (χ3v) is 5.53. The molecule has 0 fully saturated rings. The van der Waals surface area contributed by atoms with Crippen molar-refractivity contribution in [2.75, 3.05) is 7.05 Å². The third kappa shape index (κ3) is 5.85. The van der Waals surface area contributed by atoms with E-state index in [1.165, 1.54) is 0 Å². The number of nitrogens with zero attached hydrogens (tertiary/aromatic N) is 3. The smallest absolute Gasteiger partial charge is 0.273 e. The molecule has 0 aliphatic rings. The van der Waals surface area contributed by atoms with Gasteiger partial charge in [0.1, 0.15) is 5.69 Å². The topological polar surface area (TPSA) is 46.1 Å². The molecule has 1 heterocycles. The van der Waals surface area contributed by atoms with E-state index in [9.17, 15) is 4.79 Å². The van der Waals surface area contributed by atoms with Crippen LogP contribution in [0.5, 0.6) is 0 Å². The molecule has 1 amide bonds. The van der Waals surface area contributed by atoms with Gasteiger partial charge in [-0.05, 0) is 49.9 Å². The Kier molecular flexibility index (Phi) is 10.3. The van der Waals surface area contributed by atoms with E-state index in [4.69, 9.17) is 7.85 Å². The second-order valence-corrected chi connectivity index (χ2v) is 7.53. The van der Waals surface area contributed by atoms with E-state index in [0.717, 1.165) is 22.3 Å². The number of carbonyl (C=O) groups excluding carboxylic acids is 1. The van der Waals surface area contributed by atoms with E-state index in [2.05, 4.69) is 9.97 Å². The lowest BCUT2D eigenvalue weighted by Gasteiger charge is -2.36. The molecule has 0 unspecified atom stereocenters. The van der Waals surface area contributed by atoms with Gasteiger partial charge in [0.25, 0.3) is 5.91 Å². The summed E-state index contributed by atoms with van der Waals surface area (Å²) in [6, 6.07) is 15.9. The Bertz CT molecular complexity index is 1020. The number of benzene rings is 2. The Morgan fingerprint density at radius 2 is 1.50 bits per heavy atom. The summed E-state index contributed by atoms with van der Waals surface area (Å²) < 4.78 is 0. The summed E-state index contributed by atoms with van der Waals surface area (Å²) in [7, 11) is 7.63. The molecular formula is C27H36BN3O. The maximum atomic E-state index is 13.5. The molecule has 0 aliphatic heterocycles. The van der Waals surface area contributed by atoms with Crippen molar-refractivity contribution in [3.63, 3.8) is 0 Å². The van der Waals surface area contributed by atoms with Crippen molar-refractivity contribution in [1.29, 1.82) is 0 Å². The third-order valence-electron chi connectivity index (χ3n) is 5.53. The number of hydrogen-bond donors (Lipinski definition) is 0. The zero-order valence-corrected chi connectivity index (χ0v) is 21.0. The highest BCUT2D eigenvalue weighted by Crippen LogP contribution is 2.31. The van der Waals surface area contributed by atoms with E-state index in [1.54, 1.807) is 18.1 Å². The van der Waals surface area contributed by atoms with Gasteiger partial charge in [0, 0.05) is 18.8 Å². The molecule has 0 aliphatic carbocycles. The summed E-state index contributed by atoms with van der Waals surface area (Å²) in [5.41, 5.74) is 4.79. The minimum Gasteiger partial charge on any atom is -0.331 e. The lowest BCUT2D eigenvalue weighted by molar-refractivity contribution is 0.0617. The number of aryl methyl sites for hydroxylation is 1. The predicted octanol–water partition coefficient (Wildman–Crippen LogP) is 5.61. The Labute approximate surface area is 195 Å². The summed E-state index contributed by atoms with van der Waals surface area (Å²) in [5, 5.41) is 0. The first kappa shape index (κ1) is 27.1. The summed E-state index contributed by atoms with van der Waals surface area (Å²) >= 11 is 0. The van der Waals surface area contributed by atoms with Gasteiger partial charge in [0.05, 0.1) is 11.3 Å². The van der Waals surface area contributed by atoms with Crippen LogP contribution in [-0.2, 0) is 5.54 Å². The van der Waals surface area contributed by atoms with Gasteiger partial charge >= 0.3 is 0 Å². The number of hydrogen-bond acceptors (Lipinski definition) is 3. The summed E-state index contributed by atoms with van der Waals surface area (Å²) in [5.74, 6) is -0.196. The molecule has 2 radical (unpaired) electrons. The number of amides is 1. The highest BCUT2D eigenvalue weighted by molar-refractivity contribution is 6.29. The van der Waals surface area contributed by atoms with Crippen LogP contribution < -0.4 is 5.72 Å². The first-order valence-electron chi connectivity index (χ1n) is 11.3. The van der Waals surface area contributed by atoms with Crippen LogP contribution in [0.2, 0.25) is 0 Å². The maximum absolute atomic E-state index is 13.5. The van der Waals surface area contributed by atoms with E-state index >= 15 is 0 Å². The highest BCUT2D eigenvalue weighted by Gasteiger charge is 2.32. The van der Waals surface area contributed by atoms with Gasteiger partial charge in [-0.3, -0.25) is 9.78 Å². The Morgan fingerprint density at radius 3 is 2.09 bits per heavy atom. The second kappa shape index (κ2) is 12.2. The number of aromatic nitrogens is 2. The average molecular weight is 429 g/mol. The summed E-state index contributed by atoms with van der Waals surface area (Å²) in [4.78, 5) is 23.7. The van der Waals surface area contributed by atoms with Crippen molar-refractivity contribution in [1.82, 2.24) is 14.9 Å². The van der Waals surface area contributed by atoms with Crippen LogP contribution in [0.25, 0.3) is 11.1 Å². The van der Waals surface area contributed by atoms with Crippen molar-refractivity contribution in [2.24, 2.45) is 0 Å². The van der Waals surface area contributed by atoms with Crippen LogP contribution in [0, 0.1) is 13.8 Å². The Morgan fingerprint density at radius 1 is 0.906 bits per heavy atom. The fraction of sp³-hybridized carbons (Fsp3) is 0.370. The van der Waals surface area contributed by atoms with Gasteiger partial charge in [0.2, 0.25) is 0 Å². The molecule has 0 bridgehead atoms. The van der Waals surface area contributed by atoms with Crippen LogP contribution in [0.4, 0.5) is 0 Å².